The molecule has 112 valence electrons. The van der Waals surface area contributed by atoms with Crippen molar-refractivity contribution < 1.29 is 9.84 Å². The van der Waals surface area contributed by atoms with E-state index in [0.29, 0.717) is 19.2 Å². The van der Waals surface area contributed by atoms with E-state index in [1.807, 2.05) is 24.3 Å². The Balaban J connectivity index is 2.02. The number of aliphatic hydroxyl groups excluding tert-OH is 1. The smallest absolute Gasteiger partial charge is 0.224 e. The molecule has 0 aliphatic carbocycles. The van der Waals surface area contributed by atoms with Crippen molar-refractivity contribution in [1.29, 1.82) is 0 Å². The minimum absolute atomic E-state index is 0.0591. The second kappa shape index (κ2) is 5.83. The highest BCUT2D eigenvalue weighted by Gasteiger charge is 2.32. The predicted molar refractivity (Wildman–Crippen MR) is 82.6 cm³/mol. The lowest BCUT2D eigenvalue weighted by molar-refractivity contribution is 0.0379. The molecule has 6 heteroatoms. The summed E-state index contributed by atoms with van der Waals surface area (Å²) in [5, 5.41) is 17.2. The van der Waals surface area contributed by atoms with Crippen LogP contribution in [0.15, 0.2) is 24.3 Å². The summed E-state index contributed by atoms with van der Waals surface area (Å²) in [5.41, 5.74) is 0.500. The third kappa shape index (κ3) is 2.77. The maximum atomic E-state index is 9.82. The molecule has 3 rings (SSSR count). The third-order valence-electron chi connectivity index (χ3n) is 3.96. The Labute approximate surface area is 123 Å². The van der Waals surface area contributed by atoms with Crippen LogP contribution in [0.3, 0.4) is 0 Å². The Morgan fingerprint density at radius 2 is 2.00 bits per heavy atom. The van der Waals surface area contributed by atoms with E-state index in [4.69, 9.17) is 4.74 Å². The molecule has 1 aliphatic heterocycles. The average molecular weight is 288 g/mol. The Morgan fingerprint density at radius 1 is 1.24 bits per heavy atom. The lowest BCUT2D eigenvalue weighted by atomic mass is 9.91. The number of ether oxygens (including phenoxy) is 1. The number of hydrogen-bond acceptors (Lipinski definition) is 6. The van der Waals surface area contributed by atoms with Gasteiger partial charge in [0.05, 0.1) is 17.7 Å². The minimum atomic E-state index is -0.375. The largest absolute Gasteiger partial charge is 0.394 e. The zero-order valence-electron chi connectivity index (χ0n) is 12.1. The highest BCUT2D eigenvalue weighted by molar-refractivity contribution is 5.90. The first-order valence-corrected chi connectivity index (χ1v) is 7.18. The summed E-state index contributed by atoms with van der Waals surface area (Å²) in [6, 6.07) is 7.86. The zero-order chi connectivity index (χ0) is 14.7. The molecule has 2 heterocycles. The molecular weight excluding hydrogens is 268 g/mol. The molecule has 1 aliphatic rings. The van der Waals surface area contributed by atoms with Crippen molar-refractivity contribution in [3.63, 3.8) is 0 Å². The number of para-hydroxylation sites is 1. The summed E-state index contributed by atoms with van der Waals surface area (Å²) >= 11 is 0. The number of hydrogen-bond donors (Lipinski definition) is 3. The zero-order valence-corrected chi connectivity index (χ0v) is 12.1. The van der Waals surface area contributed by atoms with Gasteiger partial charge in [0, 0.05) is 25.6 Å². The van der Waals surface area contributed by atoms with Gasteiger partial charge in [0.15, 0.2) is 0 Å². The highest BCUT2D eigenvalue weighted by Crippen LogP contribution is 2.29. The second-order valence-electron chi connectivity index (χ2n) is 5.34. The SMILES string of the molecule is CNc1nc(NC2(CO)CCOCC2)c2ccccc2n1. The van der Waals surface area contributed by atoms with Crippen LogP contribution in [0.4, 0.5) is 11.8 Å². The quantitative estimate of drug-likeness (QED) is 0.793. The number of benzene rings is 1. The van der Waals surface area contributed by atoms with E-state index in [9.17, 15) is 5.11 Å². The topological polar surface area (TPSA) is 79.3 Å². The maximum absolute atomic E-state index is 9.82. The molecule has 0 bridgehead atoms. The number of aromatic nitrogens is 2. The van der Waals surface area contributed by atoms with E-state index in [0.717, 1.165) is 29.6 Å². The number of nitrogens with zero attached hydrogens (tertiary/aromatic N) is 2. The first-order chi connectivity index (χ1) is 10.3. The molecule has 1 saturated heterocycles. The van der Waals surface area contributed by atoms with Crippen molar-refractivity contribution in [1.82, 2.24) is 9.97 Å². The first kappa shape index (κ1) is 14.0. The van der Waals surface area contributed by atoms with Crippen LogP contribution in [0.25, 0.3) is 10.9 Å². The molecule has 0 spiro atoms. The molecule has 1 aromatic carbocycles. The van der Waals surface area contributed by atoms with Crippen molar-refractivity contribution >= 4 is 22.7 Å². The minimum Gasteiger partial charge on any atom is -0.394 e. The summed E-state index contributed by atoms with van der Waals surface area (Å²) in [5.74, 6) is 1.32. The van der Waals surface area contributed by atoms with Crippen molar-refractivity contribution in [3.05, 3.63) is 24.3 Å². The van der Waals surface area contributed by atoms with Crippen LogP contribution in [-0.2, 0) is 4.74 Å². The first-order valence-electron chi connectivity index (χ1n) is 7.18. The van der Waals surface area contributed by atoms with E-state index in [-0.39, 0.29) is 12.1 Å². The van der Waals surface area contributed by atoms with Crippen LogP contribution < -0.4 is 10.6 Å². The molecule has 0 unspecified atom stereocenters. The molecule has 21 heavy (non-hydrogen) atoms. The van der Waals surface area contributed by atoms with Gasteiger partial charge in [-0.05, 0) is 25.0 Å². The molecule has 0 radical (unpaired) electrons. The average Bonchev–Trinajstić information content (AvgIpc) is 2.55. The van der Waals surface area contributed by atoms with Crippen LogP contribution >= 0.6 is 0 Å². The summed E-state index contributed by atoms with van der Waals surface area (Å²) in [4.78, 5) is 8.97. The fourth-order valence-corrected chi connectivity index (χ4v) is 2.62. The van der Waals surface area contributed by atoms with E-state index >= 15 is 0 Å². The Hall–Kier alpha value is -1.92. The normalized spacial score (nSPS) is 17.6. The number of anilines is 2. The molecule has 6 nitrogen and oxygen atoms in total. The van der Waals surface area contributed by atoms with Crippen molar-refractivity contribution in [2.45, 2.75) is 18.4 Å². The predicted octanol–water partition coefficient (Wildman–Crippen LogP) is 1.62. The molecule has 0 atom stereocenters. The van der Waals surface area contributed by atoms with E-state index in [2.05, 4.69) is 20.6 Å². The van der Waals surface area contributed by atoms with Crippen LogP contribution in [0, 0.1) is 0 Å². The van der Waals surface area contributed by atoms with Crippen LogP contribution in [0.1, 0.15) is 12.8 Å². The number of aliphatic hydroxyl groups is 1. The van der Waals surface area contributed by atoms with Gasteiger partial charge in [-0.15, -0.1) is 0 Å². The lowest BCUT2D eigenvalue weighted by Gasteiger charge is -2.37. The van der Waals surface area contributed by atoms with Gasteiger partial charge in [-0.3, -0.25) is 0 Å². The van der Waals surface area contributed by atoms with Gasteiger partial charge in [0.25, 0.3) is 0 Å². The summed E-state index contributed by atoms with van der Waals surface area (Å²) in [6.07, 6.45) is 1.52. The third-order valence-corrected chi connectivity index (χ3v) is 3.96. The Morgan fingerprint density at radius 3 is 2.71 bits per heavy atom. The lowest BCUT2D eigenvalue weighted by Crippen LogP contribution is -2.47. The van der Waals surface area contributed by atoms with E-state index < -0.39 is 0 Å². The molecular formula is C15H20N4O2. The van der Waals surface area contributed by atoms with Gasteiger partial charge < -0.3 is 20.5 Å². The Bertz CT molecular complexity index is 626. The second-order valence-corrected chi connectivity index (χ2v) is 5.34. The molecule has 0 amide bonds. The van der Waals surface area contributed by atoms with Gasteiger partial charge in [0.1, 0.15) is 5.82 Å². The molecule has 1 aromatic heterocycles. The molecule has 0 saturated carbocycles. The van der Waals surface area contributed by atoms with Gasteiger partial charge in [-0.2, -0.15) is 4.98 Å². The van der Waals surface area contributed by atoms with Crippen LogP contribution in [0.2, 0.25) is 0 Å². The van der Waals surface area contributed by atoms with Gasteiger partial charge in [0.2, 0.25) is 5.95 Å². The maximum Gasteiger partial charge on any atom is 0.224 e. The van der Waals surface area contributed by atoms with Crippen LogP contribution in [-0.4, -0.2) is 47.5 Å². The molecule has 1 fully saturated rings. The van der Waals surface area contributed by atoms with Crippen molar-refractivity contribution in [2.75, 3.05) is 37.5 Å². The Kier molecular flexibility index (Phi) is 3.90. The summed E-state index contributed by atoms with van der Waals surface area (Å²) in [7, 11) is 1.80. The standard InChI is InChI=1S/C15H20N4O2/c1-16-14-17-12-5-3-2-4-11(12)13(18-14)19-15(10-20)6-8-21-9-7-15/h2-5,20H,6-10H2,1H3,(H2,16,17,18,19). The van der Waals surface area contributed by atoms with Gasteiger partial charge in [-0.25, -0.2) is 4.98 Å². The molecule has 2 aromatic rings. The van der Waals surface area contributed by atoms with Crippen LogP contribution in [0.5, 0.6) is 0 Å². The summed E-state index contributed by atoms with van der Waals surface area (Å²) < 4.78 is 5.40. The summed E-state index contributed by atoms with van der Waals surface area (Å²) in [6.45, 7) is 1.36. The van der Waals surface area contributed by atoms with Crippen molar-refractivity contribution in [3.8, 4) is 0 Å². The van der Waals surface area contributed by atoms with Crippen molar-refractivity contribution in [2.24, 2.45) is 0 Å². The number of fused-ring (bicyclic) bond motifs is 1. The fraction of sp³-hybridized carbons (Fsp3) is 0.467. The number of rotatable bonds is 4. The molecule has 3 N–H and O–H groups in total. The number of nitrogens with one attached hydrogen (secondary N) is 2. The fourth-order valence-electron chi connectivity index (χ4n) is 2.62. The van der Waals surface area contributed by atoms with E-state index in [1.165, 1.54) is 0 Å². The highest BCUT2D eigenvalue weighted by atomic mass is 16.5. The van der Waals surface area contributed by atoms with Gasteiger partial charge >= 0.3 is 0 Å². The van der Waals surface area contributed by atoms with E-state index in [1.54, 1.807) is 7.05 Å². The monoisotopic (exact) mass is 288 g/mol. The van der Waals surface area contributed by atoms with Gasteiger partial charge in [-0.1, -0.05) is 12.1 Å².